The summed E-state index contributed by atoms with van der Waals surface area (Å²) in [5.74, 6) is -2.92. The number of anilines is 2. The summed E-state index contributed by atoms with van der Waals surface area (Å²) < 4.78 is 6.91. The Morgan fingerprint density at radius 3 is 2.37 bits per heavy atom. The van der Waals surface area contributed by atoms with Gasteiger partial charge in [0.2, 0.25) is 11.8 Å². The van der Waals surface area contributed by atoms with E-state index >= 15 is 0 Å². The largest absolute Gasteiger partial charge is 0.394 e. The Bertz CT molecular complexity index is 1430. The van der Waals surface area contributed by atoms with Crippen LogP contribution in [0.5, 0.6) is 0 Å². The van der Waals surface area contributed by atoms with Crippen LogP contribution in [-0.2, 0) is 19.1 Å². The Morgan fingerprint density at radius 1 is 1.12 bits per heavy atom. The van der Waals surface area contributed by atoms with Crippen molar-refractivity contribution in [3.05, 3.63) is 84.4 Å². The van der Waals surface area contributed by atoms with Gasteiger partial charge in [0.15, 0.2) is 0 Å². The third kappa shape index (κ3) is 4.62. The molecule has 1 spiro atoms. The number of nitrogens with zero attached hydrogens (tertiary/aromatic N) is 3. The first kappa shape index (κ1) is 31.0. The molecule has 3 unspecified atom stereocenters. The van der Waals surface area contributed by atoms with Crippen molar-refractivity contribution in [3.63, 3.8) is 0 Å². The summed E-state index contributed by atoms with van der Waals surface area (Å²) in [5, 5.41) is 10.7. The lowest BCUT2D eigenvalue weighted by Crippen LogP contribution is -2.59. The van der Waals surface area contributed by atoms with Gasteiger partial charge in [-0.15, -0.1) is 13.2 Å². The molecule has 43 heavy (non-hydrogen) atoms. The van der Waals surface area contributed by atoms with Crippen LogP contribution in [0.4, 0.5) is 11.4 Å². The molecule has 2 aromatic carbocycles. The van der Waals surface area contributed by atoms with E-state index < -0.39 is 35.1 Å². The minimum atomic E-state index is -1.28. The predicted octanol–water partition coefficient (Wildman–Crippen LogP) is 4.78. The lowest BCUT2D eigenvalue weighted by molar-refractivity contribution is -0.148. The molecule has 0 aromatic heterocycles. The van der Waals surface area contributed by atoms with Crippen LogP contribution in [-0.4, -0.2) is 70.7 Å². The number of aliphatic hydroxyl groups excluding tert-OH is 1. The molecule has 3 amide bonds. The number of hydrogen-bond acceptors (Lipinski definition) is 5. The Hall–Kier alpha value is -3.46. The van der Waals surface area contributed by atoms with Crippen molar-refractivity contribution >= 4 is 40.7 Å². The summed E-state index contributed by atoms with van der Waals surface area (Å²) >= 11 is 6.65. The van der Waals surface area contributed by atoms with Gasteiger partial charge in [0.25, 0.3) is 5.91 Å². The second-order valence-electron chi connectivity index (χ2n) is 12.2. The van der Waals surface area contributed by atoms with Crippen LogP contribution < -0.4 is 9.80 Å². The predicted molar refractivity (Wildman–Crippen MR) is 168 cm³/mol. The smallest absolute Gasteiger partial charge is 0.253 e. The van der Waals surface area contributed by atoms with Crippen LogP contribution in [0.2, 0.25) is 5.02 Å². The van der Waals surface area contributed by atoms with E-state index in [9.17, 15) is 19.5 Å². The fraction of sp³-hybridized carbons (Fsp3) is 0.441. The SMILES string of the molecule is C=CCN(C(=O)[C@@H]1[C@H]2C(=O)N([C@H](C)CO)C(C(=O)N(CC=C)c3c(C)cccc3Cl)C23CC(C)[C@@]1(C)O3)c1ccccc1. The van der Waals surface area contributed by atoms with E-state index in [0.717, 1.165) is 5.56 Å². The topological polar surface area (TPSA) is 90.4 Å². The summed E-state index contributed by atoms with van der Waals surface area (Å²) in [6.07, 6.45) is 3.68. The van der Waals surface area contributed by atoms with Gasteiger partial charge in [-0.3, -0.25) is 14.4 Å². The lowest BCUT2D eigenvalue weighted by atomic mass is 9.62. The molecule has 3 aliphatic rings. The zero-order valence-electron chi connectivity index (χ0n) is 25.2. The maximum absolute atomic E-state index is 14.8. The molecule has 5 rings (SSSR count). The van der Waals surface area contributed by atoms with Crippen LogP contribution in [0, 0.1) is 24.7 Å². The fourth-order valence-corrected chi connectivity index (χ4v) is 7.98. The van der Waals surface area contributed by atoms with Gasteiger partial charge in [0, 0.05) is 18.8 Å². The maximum Gasteiger partial charge on any atom is 0.253 e. The minimum Gasteiger partial charge on any atom is -0.394 e. The number of amides is 3. The Balaban J connectivity index is 1.66. The van der Waals surface area contributed by atoms with Crippen molar-refractivity contribution in [1.29, 1.82) is 0 Å². The average Bonchev–Trinajstić information content (AvgIpc) is 3.51. The monoisotopic (exact) mass is 605 g/mol. The highest BCUT2D eigenvalue weighted by atomic mass is 35.5. The van der Waals surface area contributed by atoms with E-state index in [2.05, 4.69) is 13.2 Å². The number of para-hydroxylation sites is 2. The van der Waals surface area contributed by atoms with Crippen LogP contribution in [0.3, 0.4) is 0 Å². The number of aryl methyl sites for hydroxylation is 1. The molecule has 0 radical (unpaired) electrons. The number of benzene rings is 2. The fourth-order valence-electron chi connectivity index (χ4n) is 7.65. The number of likely N-dealkylation sites (tertiary alicyclic amines) is 1. The molecule has 3 saturated heterocycles. The molecule has 3 fully saturated rings. The summed E-state index contributed by atoms with van der Waals surface area (Å²) in [5.41, 5.74) is -0.278. The normalized spacial score (nSPS) is 29.7. The lowest BCUT2D eigenvalue weighted by Gasteiger charge is -2.39. The summed E-state index contributed by atoms with van der Waals surface area (Å²) in [6.45, 7) is 15.2. The highest BCUT2D eigenvalue weighted by molar-refractivity contribution is 6.34. The number of hydrogen-bond donors (Lipinski definition) is 1. The molecule has 2 bridgehead atoms. The maximum atomic E-state index is 14.8. The number of aliphatic hydroxyl groups is 1. The van der Waals surface area contributed by atoms with Gasteiger partial charge in [0.05, 0.1) is 40.8 Å². The van der Waals surface area contributed by atoms with E-state index in [-0.39, 0.29) is 43.3 Å². The zero-order chi connectivity index (χ0) is 31.3. The van der Waals surface area contributed by atoms with Crippen molar-refractivity contribution in [2.45, 2.75) is 57.4 Å². The van der Waals surface area contributed by atoms with Crippen molar-refractivity contribution in [3.8, 4) is 0 Å². The Kier molecular flexibility index (Phi) is 8.33. The highest BCUT2D eigenvalue weighted by Gasteiger charge is 2.80. The molecule has 3 heterocycles. The number of ether oxygens (including phenoxy) is 1. The standard InChI is InChI=1S/C34H40ClN3O5/c1-7-17-36(24-14-10-9-11-15-24)30(40)26-27-31(41)38(23(5)20-39)29(34(27)19-22(4)33(26,6)43-34)32(42)37(18-8-2)28-21(3)13-12-16-25(28)35/h7-16,22-23,26-27,29,39H,1-2,17-20H2,3-6H3/t22?,23-,26+,27+,29?,33-,34?/m1/s1. The first-order valence-electron chi connectivity index (χ1n) is 14.8. The molecular weight excluding hydrogens is 566 g/mol. The number of rotatable bonds is 10. The van der Waals surface area contributed by atoms with Gasteiger partial charge in [0.1, 0.15) is 11.6 Å². The average molecular weight is 606 g/mol. The van der Waals surface area contributed by atoms with Gasteiger partial charge < -0.3 is 24.5 Å². The number of carbonyl (C=O) groups excluding carboxylic acids is 3. The Labute approximate surface area is 258 Å². The second kappa shape index (κ2) is 11.6. The van der Waals surface area contributed by atoms with Gasteiger partial charge in [-0.2, -0.15) is 0 Å². The number of fused-ring (bicyclic) bond motifs is 1. The van der Waals surface area contributed by atoms with E-state index in [1.165, 1.54) is 4.90 Å². The molecule has 3 aliphatic heterocycles. The van der Waals surface area contributed by atoms with Gasteiger partial charge in [-0.25, -0.2) is 0 Å². The van der Waals surface area contributed by atoms with Crippen LogP contribution in [0.15, 0.2) is 73.8 Å². The summed E-state index contributed by atoms with van der Waals surface area (Å²) in [6, 6.07) is 12.9. The van der Waals surface area contributed by atoms with Crippen molar-refractivity contribution < 1.29 is 24.2 Å². The summed E-state index contributed by atoms with van der Waals surface area (Å²) in [7, 11) is 0. The number of halogens is 1. The molecule has 2 aromatic rings. The van der Waals surface area contributed by atoms with Crippen molar-refractivity contribution in [2.24, 2.45) is 17.8 Å². The first-order chi connectivity index (χ1) is 20.5. The molecule has 228 valence electrons. The van der Waals surface area contributed by atoms with E-state index in [1.807, 2.05) is 63.2 Å². The van der Waals surface area contributed by atoms with E-state index in [1.54, 1.807) is 34.9 Å². The third-order valence-electron chi connectivity index (χ3n) is 9.67. The molecule has 1 N–H and O–H groups in total. The summed E-state index contributed by atoms with van der Waals surface area (Å²) in [4.78, 5) is 48.6. The minimum absolute atomic E-state index is 0.138. The van der Waals surface area contributed by atoms with Gasteiger partial charge in [-0.1, -0.05) is 61.0 Å². The molecule has 0 saturated carbocycles. The van der Waals surface area contributed by atoms with Crippen molar-refractivity contribution in [2.75, 3.05) is 29.5 Å². The van der Waals surface area contributed by atoms with E-state index in [0.29, 0.717) is 22.8 Å². The molecule has 8 nitrogen and oxygen atoms in total. The second-order valence-corrected chi connectivity index (χ2v) is 12.6. The van der Waals surface area contributed by atoms with E-state index in [4.69, 9.17) is 16.3 Å². The van der Waals surface area contributed by atoms with Crippen LogP contribution in [0.1, 0.15) is 32.8 Å². The molecule has 7 atom stereocenters. The molecular formula is C34H40ClN3O5. The van der Waals surface area contributed by atoms with Crippen LogP contribution in [0.25, 0.3) is 0 Å². The highest BCUT2D eigenvalue weighted by Crippen LogP contribution is 2.66. The third-order valence-corrected chi connectivity index (χ3v) is 9.98. The van der Waals surface area contributed by atoms with Crippen LogP contribution >= 0.6 is 11.6 Å². The van der Waals surface area contributed by atoms with Gasteiger partial charge in [-0.05, 0) is 56.9 Å². The Morgan fingerprint density at radius 2 is 1.77 bits per heavy atom. The van der Waals surface area contributed by atoms with Crippen molar-refractivity contribution in [1.82, 2.24) is 4.90 Å². The van der Waals surface area contributed by atoms with Gasteiger partial charge >= 0.3 is 0 Å². The quantitative estimate of drug-likeness (QED) is 0.394. The molecule has 0 aliphatic carbocycles. The molecule has 9 heteroatoms. The number of carbonyl (C=O) groups is 3. The zero-order valence-corrected chi connectivity index (χ0v) is 26.0. The first-order valence-corrected chi connectivity index (χ1v) is 15.1.